The molecule has 1 N–H and O–H groups in total. The van der Waals surface area contributed by atoms with Crippen molar-refractivity contribution in [2.45, 2.75) is 13.8 Å². The second kappa shape index (κ2) is 8.09. The Kier molecular flexibility index (Phi) is 6.47. The average molecular weight is 334 g/mol. The van der Waals surface area contributed by atoms with E-state index in [0.717, 1.165) is 22.5 Å². The summed E-state index contributed by atoms with van der Waals surface area (Å²) >= 11 is 0. The number of rotatable bonds is 2. The highest BCUT2D eigenvalue weighted by Gasteiger charge is 2.09. The zero-order valence-electron chi connectivity index (χ0n) is 12.4. The number of benzene rings is 2. The highest BCUT2D eigenvalue weighted by molar-refractivity contribution is 7.79. The first kappa shape index (κ1) is 18.4. The molecule has 23 heavy (non-hydrogen) atoms. The lowest BCUT2D eigenvalue weighted by Crippen LogP contribution is -1.90. The van der Waals surface area contributed by atoms with Crippen molar-refractivity contribution >= 4 is 27.5 Å². The van der Waals surface area contributed by atoms with E-state index < -0.39 is 10.4 Å². The molecule has 0 saturated carbocycles. The van der Waals surface area contributed by atoms with Crippen molar-refractivity contribution in [3.8, 4) is 0 Å². The van der Waals surface area contributed by atoms with E-state index in [4.69, 9.17) is 22.9 Å². The van der Waals surface area contributed by atoms with Crippen LogP contribution in [-0.2, 0) is 10.4 Å². The van der Waals surface area contributed by atoms with Gasteiger partial charge in [-0.05, 0) is 37.6 Å². The molecule has 0 atom stereocenters. The average Bonchev–Trinajstić information content (AvgIpc) is 2.45. The van der Waals surface area contributed by atoms with Crippen LogP contribution in [0.5, 0.6) is 0 Å². The second-order valence-electron chi connectivity index (χ2n) is 4.49. The Bertz CT molecular complexity index is 849. The number of hydrogen-bond donors (Lipinski definition) is 1. The lowest BCUT2D eigenvalue weighted by molar-refractivity contribution is 0.366. The van der Waals surface area contributed by atoms with Gasteiger partial charge in [0.05, 0.1) is 11.4 Å². The van der Waals surface area contributed by atoms with Crippen LogP contribution in [0.4, 0.5) is 17.1 Å². The Hall–Kier alpha value is -2.67. The normalized spacial score (nSPS) is 10.7. The first-order valence-electron chi connectivity index (χ1n) is 6.32. The van der Waals surface area contributed by atoms with Gasteiger partial charge in [-0.1, -0.05) is 18.2 Å². The Balaban J connectivity index is 0.000000463. The maximum atomic E-state index is 8.72. The van der Waals surface area contributed by atoms with Crippen LogP contribution >= 0.6 is 0 Å². The molecule has 0 aliphatic carbocycles. The molecule has 0 aliphatic heterocycles. The number of hydrogen-bond acceptors (Lipinski definition) is 6. The van der Waals surface area contributed by atoms with E-state index >= 15 is 0 Å². The minimum Gasteiger partial charge on any atom is -0.726 e. The molecular weight excluding hydrogens is 320 g/mol. The monoisotopic (exact) mass is 334 g/mol. The Morgan fingerprint density at radius 1 is 1.09 bits per heavy atom. The topological polar surface area (TPSA) is 130 Å². The highest BCUT2D eigenvalue weighted by atomic mass is 32.3. The summed E-state index contributed by atoms with van der Waals surface area (Å²) in [7, 11) is -4.92. The number of nitrogens with zero attached hydrogens (tertiary/aromatic N) is 4. The van der Waals surface area contributed by atoms with Crippen LogP contribution < -0.4 is 0 Å². The fourth-order valence-electron chi connectivity index (χ4n) is 1.60. The van der Waals surface area contributed by atoms with Crippen LogP contribution in [0, 0.1) is 19.2 Å². The summed E-state index contributed by atoms with van der Waals surface area (Å²) in [4.78, 5) is 3.17. The molecular formula is C14H14N4O4S. The molecule has 0 radical (unpaired) electrons. The third kappa shape index (κ3) is 7.23. The fraction of sp³-hybridized carbons (Fsp3) is 0.143. The van der Waals surface area contributed by atoms with Crippen molar-refractivity contribution in [2.75, 3.05) is 0 Å². The van der Waals surface area contributed by atoms with Gasteiger partial charge >= 0.3 is 5.69 Å². The van der Waals surface area contributed by atoms with Crippen molar-refractivity contribution in [3.63, 3.8) is 0 Å². The lowest BCUT2D eigenvalue weighted by atomic mass is 10.2. The lowest BCUT2D eigenvalue weighted by Gasteiger charge is -1.97. The summed E-state index contributed by atoms with van der Waals surface area (Å²) in [6.45, 7) is 3.86. The standard InChI is InChI=1S/C14H13N4.H2O4S/c1-10-5-3-4-6-14(10)18-17-12-7-8-13(16-15)11(2)9-12;1-5(2,3)4/h3-9H,1-2H3;(H2,1,2,3,4)/q+1;/p-1. The van der Waals surface area contributed by atoms with Crippen LogP contribution in [0.2, 0.25) is 0 Å². The van der Waals surface area contributed by atoms with Crippen LogP contribution in [0.1, 0.15) is 11.1 Å². The summed E-state index contributed by atoms with van der Waals surface area (Å²) in [5, 5.41) is 17.1. The van der Waals surface area contributed by atoms with Crippen LogP contribution in [0.3, 0.4) is 0 Å². The molecule has 2 aromatic rings. The first-order chi connectivity index (χ1) is 10.7. The van der Waals surface area contributed by atoms with Crippen LogP contribution in [0.15, 0.2) is 52.7 Å². The largest absolute Gasteiger partial charge is 0.726 e. The van der Waals surface area contributed by atoms with Gasteiger partial charge in [0.2, 0.25) is 15.8 Å². The Labute approximate surface area is 133 Å². The minimum atomic E-state index is -4.92. The van der Waals surface area contributed by atoms with Crippen molar-refractivity contribution in [2.24, 2.45) is 10.2 Å². The molecule has 2 aromatic carbocycles. The van der Waals surface area contributed by atoms with Crippen molar-refractivity contribution in [3.05, 3.63) is 58.6 Å². The molecule has 0 aliphatic rings. The van der Waals surface area contributed by atoms with E-state index in [2.05, 4.69) is 15.2 Å². The van der Waals surface area contributed by atoms with Gasteiger partial charge in [0.25, 0.3) is 0 Å². The molecule has 9 heteroatoms. The fourth-order valence-corrected chi connectivity index (χ4v) is 1.60. The number of aryl methyl sites for hydroxylation is 2. The summed E-state index contributed by atoms with van der Waals surface area (Å²) in [6.07, 6.45) is 0. The maximum absolute atomic E-state index is 8.72. The predicted octanol–water partition coefficient (Wildman–Crippen LogP) is 4.21. The Morgan fingerprint density at radius 3 is 2.22 bits per heavy atom. The van der Waals surface area contributed by atoms with Crippen molar-refractivity contribution in [1.29, 1.82) is 5.39 Å². The van der Waals surface area contributed by atoms with Crippen molar-refractivity contribution in [1.82, 2.24) is 0 Å². The molecule has 0 spiro atoms. The molecule has 0 unspecified atom stereocenters. The minimum absolute atomic E-state index is 0.546. The summed E-state index contributed by atoms with van der Waals surface area (Å²) < 4.78 is 32.8. The molecule has 0 heterocycles. The van der Waals surface area contributed by atoms with Gasteiger partial charge in [0.1, 0.15) is 0 Å². The predicted molar refractivity (Wildman–Crippen MR) is 83.6 cm³/mol. The number of diazo groups is 1. The van der Waals surface area contributed by atoms with Crippen molar-refractivity contribution < 1.29 is 17.5 Å². The van der Waals surface area contributed by atoms with E-state index in [1.54, 1.807) is 12.1 Å². The number of azo groups is 1. The molecule has 0 aromatic heterocycles. The van der Waals surface area contributed by atoms with Gasteiger partial charge in [-0.3, -0.25) is 4.55 Å². The molecule has 2 rings (SSSR count). The van der Waals surface area contributed by atoms with Gasteiger partial charge in [0, 0.05) is 11.6 Å². The van der Waals surface area contributed by atoms with Crippen LogP contribution in [-0.4, -0.2) is 17.5 Å². The van der Waals surface area contributed by atoms with Gasteiger partial charge in [-0.2, -0.15) is 10.2 Å². The third-order valence-electron chi connectivity index (χ3n) is 2.68. The van der Waals surface area contributed by atoms with Gasteiger partial charge < -0.3 is 4.55 Å². The molecule has 0 saturated heterocycles. The molecule has 0 amide bonds. The Morgan fingerprint density at radius 2 is 1.70 bits per heavy atom. The third-order valence-corrected chi connectivity index (χ3v) is 2.68. The van der Waals surface area contributed by atoms with E-state index in [1.807, 2.05) is 44.2 Å². The van der Waals surface area contributed by atoms with E-state index in [9.17, 15) is 0 Å². The summed E-state index contributed by atoms with van der Waals surface area (Å²) in [6, 6.07) is 13.1. The van der Waals surface area contributed by atoms with E-state index in [-0.39, 0.29) is 0 Å². The van der Waals surface area contributed by atoms with E-state index in [1.165, 1.54) is 0 Å². The zero-order chi connectivity index (χ0) is 17.5. The summed E-state index contributed by atoms with van der Waals surface area (Å²) in [5.41, 5.74) is 4.08. The SMILES string of the molecule is Cc1ccccc1N=Nc1ccc([N+]#N)c(C)c1.O=S(=O)([O-])O. The van der Waals surface area contributed by atoms with E-state index in [0.29, 0.717) is 5.69 Å². The van der Waals surface area contributed by atoms with Gasteiger partial charge in [-0.25, -0.2) is 8.42 Å². The quantitative estimate of drug-likeness (QED) is 0.380. The van der Waals surface area contributed by atoms with Crippen LogP contribution in [0.25, 0.3) is 4.98 Å². The summed E-state index contributed by atoms with van der Waals surface area (Å²) in [5.74, 6) is 0. The van der Waals surface area contributed by atoms with Gasteiger partial charge in [-0.15, -0.1) is 0 Å². The smallest absolute Gasteiger partial charge is 0.388 e. The zero-order valence-corrected chi connectivity index (χ0v) is 13.2. The molecule has 0 fully saturated rings. The molecule has 8 nitrogen and oxygen atoms in total. The first-order valence-corrected chi connectivity index (χ1v) is 7.68. The second-order valence-corrected chi connectivity index (χ2v) is 5.34. The molecule has 120 valence electrons. The maximum Gasteiger partial charge on any atom is 0.388 e. The van der Waals surface area contributed by atoms with Gasteiger partial charge in [0.15, 0.2) is 4.98 Å². The highest BCUT2D eigenvalue weighted by Crippen LogP contribution is 2.26. The molecule has 0 bridgehead atoms.